The van der Waals surface area contributed by atoms with Crippen molar-refractivity contribution in [2.45, 2.75) is 69.6 Å². The molecule has 2 aromatic carbocycles. The number of nitrogens with one attached hydrogen (secondary N) is 2. The van der Waals surface area contributed by atoms with E-state index >= 15 is 0 Å². The average molecular weight is 494 g/mol. The number of carbonyl (C=O) groups is 3. The van der Waals surface area contributed by atoms with E-state index in [1.807, 2.05) is 18.2 Å². The molecule has 2 N–H and O–H groups in total. The summed E-state index contributed by atoms with van der Waals surface area (Å²) in [5.41, 5.74) is 2.63. The van der Waals surface area contributed by atoms with Crippen molar-refractivity contribution in [1.82, 2.24) is 15.5 Å². The maximum absolute atomic E-state index is 12.7. The summed E-state index contributed by atoms with van der Waals surface area (Å²) in [7, 11) is 0. The highest BCUT2D eigenvalue weighted by Gasteiger charge is 2.39. The fraction of sp³-hybridized carbons (Fsp3) is 0.464. The lowest BCUT2D eigenvalue weighted by molar-refractivity contribution is -0.136. The number of fused-ring (bicyclic) bond motifs is 1. The van der Waals surface area contributed by atoms with Gasteiger partial charge < -0.3 is 15.0 Å². The van der Waals surface area contributed by atoms with Crippen molar-refractivity contribution in [3.63, 3.8) is 0 Å². The maximum Gasteiger partial charge on any atom is 0.255 e. The van der Waals surface area contributed by atoms with Crippen molar-refractivity contribution in [1.29, 1.82) is 0 Å². The first-order valence-electron chi connectivity index (χ1n) is 12.9. The van der Waals surface area contributed by atoms with Gasteiger partial charge in [-0.15, -0.1) is 0 Å². The van der Waals surface area contributed by atoms with Crippen LogP contribution in [0.15, 0.2) is 42.5 Å². The highest BCUT2D eigenvalue weighted by Crippen LogP contribution is 2.31. The number of nitrogens with zero attached hydrogens (tertiary/aromatic N) is 1. The molecule has 1 unspecified atom stereocenters. The van der Waals surface area contributed by atoms with Crippen LogP contribution in [0.25, 0.3) is 0 Å². The molecular formula is C28H32FN3O4. The highest BCUT2D eigenvalue weighted by molar-refractivity contribution is 6.05. The molecule has 190 valence electrons. The molecule has 36 heavy (non-hydrogen) atoms. The predicted octanol–water partition coefficient (Wildman–Crippen LogP) is 3.67. The summed E-state index contributed by atoms with van der Waals surface area (Å²) >= 11 is 0. The van der Waals surface area contributed by atoms with E-state index in [4.69, 9.17) is 4.74 Å². The zero-order valence-corrected chi connectivity index (χ0v) is 20.3. The predicted molar refractivity (Wildman–Crippen MR) is 132 cm³/mol. The van der Waals surface area contributed by atoms with Gasteiger partial charge in [0.2, 0.25) is 11.8 Å². The molecule has 3 aliphatic heterocycles. The summed E-state index contributed by atoms with van der Waals surface area (Å²) in [6.07, 6.45) is 6.77. The second-order valence-electron chi connectivity index (χ2n) is 10.0. The van der Waals surface area contributed by atoms with E-state index in [0.717, 1.165) is 42.8 Å². The van der Waals surface area contributed by atoms with Gasteiger partial charge in [-0.3, -0.25) is 19.7 Å². The highest BCUT2D eigenvalue weighted by atomic mass is 19.1. The Labute approximate surface area is 210 Å². The van der Waals surface area contributed by atoms with Crippen molar-refractivity contribution in [2.24, 2.45) is 0 Å². The molecule has 4 aliphatic rings. The van der Waals surface area contributed by atoms with Gasteiger partial charge >= 0.3 is 0 Å². The number of hydrogen-bond acceptors (Lipinski definition) is 5. The first-order chi connectivity index (χ1) is 17.5. The maximum atomic E-state index is 12.7. The quantitative estimate of drug-likeness (QED) is 0.635. The zero-order chi connectivity index (χ0) is 25.1. The molecule has 0 spiro atoms. The number of benzene rings is 2. The largest absolute Gasteiger partial charge is 0.490 e. The molecule has 6 rings (SSSR count). The number of rotatable bonds is 4. The number of carbonyl (C=O) groups excluding carboxylic acids is 3. The lowest BCUT2D eigenvalue weighted by Gasteiger charge is -2.29. The molecule has 3 amide bonds. The van der Waals surface area contributed by atoms with Crippen molar-refractivity contribution >= 4 is 17.7 Å². The van der Waals surface area contributed by atoms with Crippen LogP contribution in [0.3, 0.4) is 0 Å². The number of amides is 3. The normalized spacial score (nSPS) is 22.3. The molecule has 0 aromatic heterocycles. The van der Waals surface area contributed by atoms with Gasteiger partial charge in [-0.1, -0.05) is 18.6 Å². The van der Waals surface area contributed by atoms with Gasteiger partial charge in [-0.2, -0.15) is 0 Å². The summed E-state index contributed by atoms with van der Waals surface area (Å²) in [6.45, 7) is 2.37. The lowest BCUT2D eigenvalue weighted by atomic mass is 9.94. The second-order valence-corrected chi connectivity index (χ2v) is 10.0. The number of piperidine rings is 1. The van der Waals surface area contributed by atoms with E-state index in [1.165, 1.54) is 25.3 Å². The van der Waals surface area contributed by atoms with Crippen LogP contribution in [-0.4, -0.2) is 47.9 Å². The lowest BCUT2D eigenvalue weighted by Crippen LogP contribution is -2.52. The van der Waals surface area contributed by atoms with Crippen LogP contribution in [0.2, 0.25) is 0 Å². The summed E-state index contributed by atoms with van der Waals surface area (Å²) in [6, 6.07) is 11.8. The topological polar surface area (TPSA) is 87.7 Å². The molecule has 7 nitrogen and oxygen atoms in total. The first kappa shape index (κ1) is 24.4. The van der Waals surface area contributed by atoms with Gasteiger partial charge in [0.1, 0.15) is 17.6 Å². The van der Waals surface area contributed by atoms with Crippen LogP contribution < -0.4 is 15.4 Å². The Morgan fingerprint density at radius 2 is 1.75 bits per heavy atom. The first-order valence-corrected chi connectivity index (χ1v) is 12.9. The smallest absolute Gasteiger partial charge is 0.255 e. The van der Waals surface area contributed by atoms with Crippen LogP contribution in [0.4, 0.5) is 4.39 Å². The minimum atomic E-state index is -0.569. The van der Waals surface area contributed by atoms with E-state index in [-0.39, 0.29) is 36.1 Å². The molecule has 1 saturated carbocycles. The summed E-state index contributed by atoms with van der Waals surface area (Å²) in [5.74, 6) is 0.405. The average Bonchev–Trinajstić information content (AvgIpc) is 3.15. The molecule has 8 heteroatoms. The molecule has 2 saturated heterocycles. The summed E-state index contributed by atoms with van der Waals surface area (Å²) in [4.78, 5) is 37.6. The third kappa shape index (κ3) is 5.43. The Morgan fingerprint density at radius 1 is 0.944 bits per heavy atom. The van der Waals surface area contributed by atoms with Crippen molar-refractivity contribution in [3.05, 3.63) is 65.0 Å². The van der Waals surface area contributed by atoms with Crippen LogP contribution >= 0.6 is 0 Å². The molecule has 0 radical (unpaired) electrons. The van der Waals surface area contributed by atoms with Crippen molar-refractivity contribution in [3.8, 4) is 5.75 Å². The standard InChI is InChI=1S/C19H22N2O4.C9H10FN/c22-17-9-8-16(18(23)20-17)21-11-12-10-14(6-7-15(12)19(21)24)25-13-4-2-1-3-5-13;10-9-3-1-2-7(4-9)8-5-11-6-8/h6-7,10,13,16H,1-5,8-9,11H2,(H,20,22,23);1-4,8,11H,5-6H2. The zero-order valence-electron chi connectivity index (χ0n) is 20.3. The van der Waals surface area contributed by atoms with Crippen molar-refractivity contribution in [2.75, 3.05) is 13.1 Å². The SMILES string of the molecule is Fc1cccc(C2CNC2)c1.O=C1CCC(N2Cc3cc(OC4CCCCC4)ccc3C2=O)C(=O)N1. The molecule has 3 fully saturated rings. The van der Waals surface area contributed by atoms with Crippen LogP contribution in [0.1, 0.15) is 72.3 Å². The number of ether oxygens (including phenoxy) is 1. The summed E-state index contributed by atoms with van der Waals surface area (Å²) < 4.78 is 18.7. The summed E-state index contributed by atoms with van der Waals surface area (Å²) in [5, 5.41) is 5.48. The minimum Gasteiger partial charge on any atom is -0.490 e. The molecule has 1 atom stereocenters. The molecule has 1 aliphatic carbocycles. The molecule has 2 aromatic rings. The Balaban J connectivity index is 0.000000202. The molecular weight excluding hydrogens is 461 g/mol. The fourth-order valence-electron chi connectivity index (χ4n) is 5.28. The van der Waals surface area contributed by atoms with Gasteiger partial charge in [0.15, 0.2) is 0 Å². The van der Waals surface area contributed by atoms with E-state index < -0.39 is 6.04 Å². The Bertz CT molecular complexity index is 1140. The van der Waals surface area contributed by atoms with Gasteiger partial charge in [-0.05, 0) is 73.6 Å². The number of imide groups is 1. The minimum absolute atomic E-state index is 0.130. The Kier molecular flexibility index (Phi) is 7.32. The van der Waals surface area contributed by atoms with E-state index in [1.54, 1.807) is 23.1 Å². The van der Waals surface area contributed by atoms with Gasteiger partial charge in [0.25, 0.3) is 5.91 Å². The van der Waals surface area contributed by atoms with Crippen LogP contribution in [-0.2, 0) is 16.1 Å². The molecule has 0 bridgehead atoms. The van der Waals surface area contributed by atoms with Crippen LogP contribution in [0.5, 0.6) is 5.75 Å². The van der Waals surface area contributed by atoms with E-state index in [0.29, 0.717) is 24.4 Å². The number of halogens is 1. The molecule has 3 heterocycles. The van der Waals surface area contributed by atoms with E-state index in [2.05, 4.69) is 10.6 Å². The van der Waals surface area contributed by atoms with Crippen molar-refractivity contribution < 1.29 is 23.5 Å². The monoisotopic (exact) mass is 493 g/mol. The Morgan fingerprint density at radius 3 is 2.44 bits per heavy atom. The fourth-order valence-corrected chi connectivity index (χ4v) is 5.28. The number of hydrogen-bond donors (Lipinski definition) is 2. The second kappa shape index (κ2) is 10.8. The van der Waals surface area contributed by atoms with Gasteiger partial charge in [0, 0.05) is 37.5 Å². The van der Waals surface area contributed by atoms with Gasteiger partial charge in [0.05, 0.1) is 6.10 Å². The third-order valence-corrected chi connectivity index (χ3v) is 7.45. The Hall–Kier alpha value is -3.26. The third-order valence-electron chi connectivity index (χ3n) is 7.45. The van der Waals surface area contributed by atoms with Crippen LogP contribution in [0, 0.1) is 5.82 Å². The van der Waals surface area contributed by atoms with E-state index in [9.17, 15) is 18.8 Å². The van der Waals surface area contributed by atoms with Gasteiger partial charge in [-0.25, -0.2) is 4.39 Å².